The zero-order chi connectivity index (χ0) is 14.0. The summed E-state index contributed by atoms with van der Waals surface area (Å²) in [6, 6.07) is 1.72. The first-order valence-electron chi connectivity index (χ1n) is 7.35. The van der Waals surface area contributed by atoms with Gasteiger partial charge in [-0.05, 0) is 19.3 Å². The quantitative estimate of drug-likeness (QED) is 0.747. The van der Waals surface area contributed by atoms with E-state index in [1.807, 2.05) is 0 Å². The molecule has 0 N–H and O–H groups in total. The highest BCUT2D eigenvalue weighted by molar-refractivity contribution is 5.18. The molecule has 1 aromatic heterocycles. The van der Waals surface area contributed by atoms with E-state index in [1.54, 1.807) is 13.0 Å². The van der Waals surface area contributed by atoms with Gasteiger partial charge in [0.1, 0.15) is 6.33 Å². The summed E-state index contributed by atoms with van der Waals surface area (Å²) >= 11 is 0. The van der Waals surface area contributed by atoms with Crippen molar-refractivity contribution in [3.05, 3.63) is 12.4 Å². The van der Waals surface area contributed by atoms with E-state index in [1.165, 1.54) is 38.4 Å². The maximum Gasteiger partial charge on any atom is 0.221 e. The van der Waals surface area contributed by atoms with Crippen LogP contribution >= 0.6 is 0 Å². The van der Waals surface area contributed by atoms with Crippen molar-refractivity contribution in [3.63, 3.8) is 0 Å². The van der Waals surface area contributed by atoms with Gasteiger partial charge < -0.3 is 9.47 Å². The largest absolute Gasteiger partial charge is 0.477 e. The Hall–Kier alpha value is -1.76. The van der Waals surface area contributed by atoms with Gasteiger partial charge in [-0.25, -0.2) is 9.97 Å². The molecule has 0 radical (unpaired) electrons. The van der Waals surface area contributed by atoms with Gasteiger partial charge in [0, 0.05) is 0 Å². The van der Waals surface area contributed by atoms with Crippen LogP contribution in [0.25, 0.3) is 0 Å². The summed E-state index contributed by atoms with van der Waals surface area (Å²) < 4.78 is 11.1. The monoisotopic (exact) mass is 274 g/mol. The molecule has 4 nitrogen and oxygen atoms in total. The average Bonchev–Trinajstić information content (AvgIpc) is 2.49. The highest BCUT2D eigenvalue weighted by atomic mass is 16.5. The average molecular weight is 274 g/mol. The highest BCUT2D eigenvalue weighted by Crippen LogP contribution is 2.26. The zero-order valence-electron chi connectivity index (χ0n) is 12.1. The fourth-order valence-corrected chi connectivity index (χ4v) is 2.47. The van der Waals surface area contributed by atoms with Crippen LogP contribution in [0.5, 0.6) is 11.8 Å². The molecule has 1 fully saturated rings. The predicted molar refractivity (Wildman–Crippen MR) is 77.7 cm³/mol. The van der Waals surface area contributed by atoms with Gasteiger partial charge in [-0.3, -0.25) is 0 Å². The van der Waals surface area contributed by atoms with Crippen LogP contribution in [0, 0.1) is 17.8 Å². The van der Waals surface area contributed by atoms with E-state index < -0.39 is 0 Å². The lowest BCUT2D eigenvalue weighted by molar-refractivity contribution is 0.238. The number of hydrogen-bond donors (Lipinski definition) is 0. The minimum Gasteiger partial charge on any atom is -0.477 e. The smallest absolute Gasteiger partial charge is 0.221 e. The second-order valence-electron chi connectivity index (χ2n) is 5.05. The maximum atomic E-state index is 5.69. The topological polar surface area (TPSA) is 44.2 Å². The lowest BCUT2D eigenvalue weighted by atomic mass is 9.87. The van der Waals surface area contributed by atoms with Crippen molar-refractivity contribution in [3.8, 4) is 23.6 Å². The Morgan fingerprint density at radius 2 is 1.90 bits per heavy atom. The molecule has 0 atom stereocenters. The van der Waals surface area contributed by atoms with Gasteiger partial charge in [-0.2, -0.15) is 0 Å². The highest BCUT2D eigenvalue weighted by Gasteiger charge is 2.13. The van der Waals surface area contributed by atoms with E-state index >= 15 is 0 Å². The number of hydrogen-bond acceptors (Lipinski definition) is 4. The Bertz CT molecular complexity index is 459. The van der Waals surface area contributed by atoms with Gasteiger partial charge in [-0.15, -0.1) is 5.92 Å². The second kappa shape index (κ2) is 8.42. The number of ether oxygens (including phenoxy) is 2. The Kier molecular flexibility index (Phi) is 6.16. The molecule has 0 saturated heterocycles. The van der Waals surface area contributed by atoms with Crippen LogP contribution in [-0.4, -0.2) is 23.2 Å². The molecule has 1 aliphatic rings. The Morgan fingerprint density at radius 3 is 2.65 bits per heavy atom. The van der Waals surface area contributed by atoms with Crippen LogP contribution in [0.15, 0.2) is 12.4 Å². The Labute approximate surface area is 120 Å². The Balaban J connectivity index is 1.73. The van der Waals surface area contributed by atoms with E-state index in [0.717, 1.165) is 18.9 Å². The molecular formula is C16H22N2O2. The minimum absolute atomic E-state index is 0.342. The molecule has 1 aromatic rings. The van der Waals surface area contributed by atoms with Gasteiger partial charge >= 0.3 is 0 Å². The molecule has 0 amide bonds. The van der Waals surface area contributed by atoms with Crippen molar-refractivity contribution in [2.75, 3.05) is 13.2 Å². The number of aromatic nitrogens is 2. The third-order valence-corrected chi connectivity index (χ3v) is 3.59. The van der Waals surface area contributed by atoms with Gasteiger partial charge in [0.25, 0.3) is 0 Å². The third kappa shape index (κ3) is 5.08. The molecule has 0 aromatic carbocycles. The minimum atomic E-state index is 0.342. The number of nitrogens with zero attached hydrogens (tertiary/aromatic N) is 2. The summed E-state index contributed by atoms with van der Waals surface area (Å²) in [6.07, 6.45) is 9.40. The summed E-state index contributed by atoms with van der Waals surface area (Å²) in [4.78, 5) is 8.13. The van der Waals surface area contributed by atoms with Gasteiger partial charge in [0.15, 0.2) is 6.61 Å². The summed E-state index contributed by atoms with van der Waals surface area (Å²) in [5, 5.41) is 0. The molecule has 1 aliphatic carbocycles. The molecule has 0 unspecified atom stereocenters. The van der Waals surface area contributed by atoms with Gasteiger partial charge in [-0.1, -0.05) is 38.0 Å². The SMILES string of the molecule is CC#CCOc1cc(OCCC2CCCCC2)ncn1. The van der Waals surface area contributed by atoms with Gasteiger partial charge in [0.05, 0.1) is 12.7 Å². The lowest BCUT2D eigenvalue weighted by Crippen LogP contribution is -2.11. The lowest BCUT2D eigenvalue weighted by Gasteiger charge is -2.21. The molecule has 20 heavy (non-hydrogen) atoms. The van der Waals surface area contributed by atoms with E-state index in [4.69, 9.17) is 9.47 Å². The standard InChI is InChI=1S/C16H22N2O2/c1-2-3-10-19-15-12-16(18-13-17-15)20-11-9-14-7-5-4-6-8-14/h12-14H,4-11H2,1H3. The van der Waals surface area contributed by atoms with Crippen LogP contribution in [0.1, 0.15) is 45.4 Å². The van der Waals surface area contributed by atoms with Crippen molar-refractivity contribution in [1.29, 1.82) is 0 Å². The maximum absolute atomic E-state index is 5.69. The molecule has 0 aliphatic heterocycles. The molecule has 1 heterocycles. The van der Waals surface area contributed by atoms with Crippen molar-refractivity contribution in [2.24, 2.45) is 5.92 Å². The summed E-state index contributed by atoms with van der Waals surface area (Å²) in [6.45, 7) is 2.84. The van der Waals surface area contributed by atoms with Gasteiger partial charge in [0.2, 0.25) is 11.8 Å². The molecule has 0 bridgehead atoms. The third-order valence-electron chi connectivity index (χ3n) is 3.59. The molecule has 1 saturated carbocycles. The van der Waals surface area contributed by atoms with Crippen LogP contribution < -0.4 is 9.47 Å². The summed E-state index contributed by atoms with van der Waals surface area (Å²) in [5.41, 5.74) is 0. The number of rotatable bonds is 6. The predicted octanol–water partition coefficient (Wildman–Crippen LogP) is 3.23. The first-order valence-corrected chi connectivity index (χ1v) is 7.35. The molecular weight excluding hydrogens is 252 g/mol. The van der Waals surface area contributed by atoms with Crippen LogP contribution in [0.4, 0.5) is 0 Å². The van der Waals surface area contributed by atoms with Crippen LogP contribution in [-0.2, 0) is 0 Å². The van der Waals surface area contributed by atoms with Crippen molar-refractivity contribution < 1.29 is 9.47 Å². The van der Waals surface area contributed by atoms with Crippen LogP contribution in [0.3, 0.4) is 0 Å². The van der Waals surface area contributed by atoms with E-state index in [9.17, 15) is 0 Å². The fraction of sp³-hybridized carbons (Fsp3) is 0.625. The summed E-state index contributed by atoms with van der Waals surface area (Å²) in [7, 11) is 0. The summed E-state index contributed by atoms with van der Waals surface area (Å²) in [5.74, 6) is 7.51. The molecule has 108 valence electrons. The first kappa shape index (κ1) is 14.6. The zero-order valence-corrected chi connectivity index (χ0v) is 12.1. The molecule has 4 heteroatoms. The first-order chi connectivity index (χ1) is 9.88. The molecule has 0 spiro atoms. The van der Waals surface area contributed by atoms with Crippen molar-refractivity contribution in [1.82, 2.24) is 9.97 Å². The fourth-order valence-electron chi connectivity index (χ4n) is 2.47. The molecule has 2 rings (SSSR count). The van der Waals surface area contributed by atoms with E-state index in [0.29, 0.717) is 18.4 Å². The van der Waals surface area contributed by atoms with Crippen molar-refractivity contribution >= 4 is 0 Å². The Morgan fingerprint density at radius 1 is 1.15 bits per heavy atom. The van der Waals surface area contributed by atoms with E-state index in [-0.39, 0.29) is 0 Å². The second-order valence-corrected chi connectivity index (χ2v) is 5.05. The van der Waals surface area contributed by atoms with Crippen molar-refractivity contribution in [2.45, 2.75) is 45.4 Å². The van der Waals surface area contributed by atoms with Crippen LogP contribution in [0.2, 0.25) is 0 Å². The normalized spacial score (nSPS) is 15.2. The van der Waals surface area contributed by atoms with E-state index in [2.05, 4.69) is 21.8 Å².